The van der Waals surface area contributed by atoms with E-state index in [-0.39, 0.29) is 11.7 Å². The number of aliphatic imine (C=N–C) groups is 1. The zero-order chi connectivity index (χ0) is 31.3. The molecule has 2 rings (SSSR count). The Balaban J connectivity index is 2.76. The van der Waals surface area contributed by atoms with Crippen molar-refractivity contribution in [2.24, 2.45) is 10.9 Å². The summed E-state index contributed by atoms with van der Waals surface area (Å²) in [5.74, 6) is 0.491. The molecule has 0 saturated carbocycles. The van der Waals surface area contributed by atoms with Gasteiger partial charge in [-0.25, -0.2) is 9.37 Å². The Morgan fingerprint density at radius 1 is 1.05 bits per heavy atom. The van der Waals surface area contributed by atoms with Gasteiger partial charge in [-0.15, -0.1) is 0 Å². The van der Waals surface area contributed by atoms with Gasteiger partial charge in [-0.2, -0.15) is 0 Å². The number of unbranched alkanes of at least 4 members (excludes halogenated alkanes) is 1. The fourth-order valence-corrected chi connectivity index (χ4v) is 5.62. The van der Waals surface area contributed by atoms with Gasteiger partial charge in [-0.3, -0.25) is 9.79 Å². The summed E-state index contributed by atoms with van der Waals surface area (Å²) in [6.45, 7) is 18.3. The van der Waals surface area contributed by atoms with Gasteiger partial charge in [-0.05, 0) is 81.9 Å². The number of benzene rings is 1. The smallest absolute Gasteiger partial charge is 0.146 e. The Morgan fingerprint density at radius 3 is 2.29 bits per heavy atom. The SMILES string of the molecule is C\C=C/C(Nc1nc(-c2ccc(C(CCC)(CCC)C(=O)C(C)C)c(C)c2)cc(N=CCCC)c1C)=C(F)\C=C\CC. The summed E-state index contributed by atoms with van der Waals surface area (Å²) in [7, 11) is 0. The van der Waals surface area contributed by atoms with Crippen LogP contribution in [-0.4, -0.2) is 17.0 Å². The number of rotatable bonds is 16. The van der Waals surface area contributed by atoms with Gasteiger partial charge in [-0.1, -0.05) is 85.1 Å². The number of anilines is 1. The molecule has 0 amide bonds. The zero-order valence-corrected chi connectivity index (χ0v) is 27.4. The van der Waals surface area contributed by atoms with Crippen LogP contribution in [0, 0.1) is 19.8 Å². The molecule has 0 atom stereocenters. The number of halogens is 1. The average Bonchev–Trinajstić information content (AvgIpc) is 2.96. The highest BCUT2D eigenvalue weighted by Gasteiger charge is 2.40. The highest BCUT2D eigenvalue weighted by Crippen LogP contribution is 2.41. The molecule has 0 aliphatic rings. The Bertz CT molecular complexity index is 1310. The van der Waals surface area contributed by atoms with Crippen molar-refractivity contribution < 1.29 is 9.18 Å². The Hall–Kier alpha value is -3.34. The first kappa shape index (κ1) is 34.9. The lowest BCUT2D eigenvalue weighted by Crippen LogP contribution is -2.39. The number of aryl methyl sites for hydroxylation is 1. The molecule has 0 unspecified atom stereocenters. The summed E-state index contributed by atoms with van der Waals surface area (Å²) < 4.78 is 15.1. The van der Waals surface area contributed by atoms with Gasteiger partial charge in [0.25, 0.3) is 0 Å². The van der Waals surface area contributed by atoms with Crippen LogP contribution in [0.2, 0.25) is 0 Å². The van der Waals surface area contributed by atoms with Gasteiger partial charge >= 0.3 is 0 Å². The van der Waals surface area contributed by atoms with Gasteiger partial charge in [0, 0.05) is 23.3 Å². The maximum absolute atomic E-state index is 15.1. The van der Waals surface area contributed by atoms with Gasteiger partial charge in [0.05, 0.1) is 22.5 Å². The second-order valence-corrected chi connectivity index (χ2v) is 11.4. The van der Waals surface area contributed by atoms with E-state index in [0.29, 0.717) is 17.3 Å². The third kappa shape index (κ3) is 8.59. The van der Waals surface area contributed by atoms with Crippen molar-refractivity contribution in [2.75, 3.05) is 5.32 Å². The van der Waals surface area contributed by atoms with Crippen molar-refractivity contribution in [3.05, 3.63) is 76.8 Å². The van der Waals surface area contributed by atoms with E-state index in [0.717, 1.165) is 78.6 Å². The van der Waals surface area contributed by atoms with Crippen LogP contribution in [0.15, 0.2) is 65.1 Å². The van der Waals surface area contributed by atoms with Crippen molar-refractivity contribution in [3.63, 3.8) is 0 Å². The molecule has 4 nitrogen and oxygen atoms in total. The Morgan fingerprint density at radius 2 is 1.74 bits per heavy atom. The van der Waals surface area contributed by atoms with Gasteiger partial charge in [0.1, 0.15) is 17.4 Å². The fraction of sp³-hybridized carbons (Fsp3) is 0.486. The lowest BCUT2D eigenvalue weighted by Gasteiger charge is -2.36. The predicted molar refractivity (Wildman–Crippen MR) is 180 cm³/mol. The van der Waals surface area contributed by atoms with E-state index in [2.05, 4.69) is 51.2 Å². The summed E-state index contributed by atoms with van der Waals surface area (Å²) in [6.07, 6.45) is 14.9. The number of aromatic nitrogens is 1. The van der Waals surface area contributed by atoms with Crippen LogP contribution >= 0.6 is 0 Å². The van der Waals surface area contributed by atoms with Gasteiger partial charge in [0.2, 0.25) is 0 Å². The van der Waals surface area contributed by atoms with Crippen LogP contribution < -0.4 is 5.32 Å². The first-order chi connectivity index (χ1) is 20.1. The number of carbonyl (C=O) groups is 1. The van der Waals surface area contributed by atoms with Crippen molar-refractivity contribution in [1.29, 1.82) is 0 Å². The second-order valence-electron chi connectivity index (χ2n) is 11.4. The molecule has 0 aliphatic carbocycles. The normalized spacial score (nSPS) is 13.1. The van der Waals surface area contributed by atoms with Crippen LogP contribution in [0.4, 0.5) is 15.9 Å². The first-order valence-corrected chi connectivity index (χ1v) is 15.8. The van der Waals surface area contributed by atoms with Gasteiger partial charge in [0.15, 0.2) is 0 Å². The van der Waals surface area contributed by atoms with Crippen molar-refractivity contribution in [2.45, 2.75) is 113 Å². The zero-order valence-electron chi connectivity index (χ0n) is 27.4. The summed E-state index contributed by atoms with van der Waals surface area (Å²) in [5.41, 5.74) is 5.39. The standard InChI is InChI=1S/C37H52FN3O/c1-10-15-18-31(38)32(17-12-3)40-36-28(9)33(39-23-16-11-2)25-34(41-36)29-19-20-30(27(8)24-29)37(21-13-4,22-14-5)35(42)26(6)7/h12,15,17-20,23-26H,10-11,13-14,16,21-22H2,1-9H3,(H,40,41)/b17-12-,18-15+,32-31-,39-23?. The van der Waals surface area contributed by atoms with Crippen LogP contribution in [0.1, 0.15) is 110 Å². The molecule has 0 aliphatic heterocycles. The maximum atomic E-state index is 15.1. The first-order valence-electron chi connectivity index (χ1n) is 15.8. The molecule has 0 fully saturated rings. The monoisotopic (exact) mass is 573 g/mol. The molecule has 1 aromatic heterocycles. The molecule has 1 N–H and O–H groups in total. The summed E-state index contributed by atoms with van der Waals surface area (Å²) >= 11 is 0. The summed E-state index contributed by atoms with van der Waals surface area (Å²) in [5, 5.41) is 3.25. The van der Waals surface area contributed by atoms with E-state index in [1.807, 2.05) is 46.9 Å². The minimum atomic E-state index is -0.487. The molecule has 1 heterocycles. The number of hydrogen-bond donors (Lipinski definition) is 1. The molecule has 0 saturated heterocycles. The van der Waals surface area contributed by atoms with Crippen molar-refractivity contribution in [3.8, 4) is 11.3 Å². The van der Waals surface area contributed by atoms with E-state index >= 15 is 4.39 Å². The van der Waals surface area contributed by atoms with E-state index < -0.39 is 5.41 Å². The van der Waals surface area contributed by atoms with E-state index in [1.165, 1.54) is 6.08 Å². The maximum Gasteiger partial charge on any atom is 0.146 e. The van der Waals surface area contributed by atoms with Crippen LogP contribution in [-0.2, 0) is 10.2 Å². The summed E-state index contributed by atoms with van der Waals surface area (Å²) in [4.78, 5) is 23.4. The molecule has 42 heavy (non-hydrogen) atoms. The number of nitrogens with one attached hydrogen (secondary N) is 1. The molecule has 0 spiro atoms. The largest absolute Gasteiger partial charge is 0.338 e. The third-order valence-corrected chi connectivity index (χ3v) is 7.62. The minimum absolute atomic E-state index is 0.0369. The lowest BCUT2D eigenvalue weighted by atomic mass is 9.66. The third-order valence-electron chi connectivity index (χ3n) is 7.62. The Kier molecular flexibility index (Phi) is 14.1. The molecule has 228 valence electrons. The van der Waals surface area contributed by atoms with E-state index in [4.69, 9.17) is 9.98 Å². The molecular weight excluding hydrogens is 521 g/mol. The number of Topliss-reactive ketones (excluding diaryl/α,β-unsaturated/α-hetero) is 1. The minimum Gasteiger partial charge on any atom is -0.338 e. The molecule has 0 bridgehead atoms. The molecule has 2 aromatic rings. The van der Waals surface area contributed by atoms with Gasteiger partial charge < -0.3 is 5.32 Å². The van der Waals surface area contributed by atoms with Crippen molar-refractivity contribution in [1.82, 2.24) is 4.98 Å². The topological polar surface area (TPSA) is 54.4 Å². The molecule has 5 heteroatoms. The summed E-state index contributed by atoms with van der Waals surface area (Å²) in [6, 6.07) is 8.34. The average molecular weight is 574 g/mol. The molecule has 0 radical (unpaired) electrons. The number of nitrogens with zero attached hydrogens (tertiary/aromatic N) is 2. The van der Waals surface area contributed by atoms with Crippen LogP contribution in [0.3, 0.4) is 0 Å². The Labute approximate surface area is 254 Å². The number of hydrogen-bond acceptors (Lipinski definition) is 4. The quantitative estimate of drug-likeness (QED) is 0.160. The molecular formula is C37H52FN3O. The van der Waals surface area contributed by atoms with E-state index in [9.17, 15) is 4.79 Å². The highest BCUT2D eigenvalue weighted by atomic mass is 19.1. The van der Waals surface area contributed by atoms with Crippen LogP contribution in [0.5, 0.6) is 0 Å². The number of allylic oxidation sites excluding steroid dienone is 5. The predicted octanol–water partition coefficient (Wildman–Crippen LogP) is 11.1. The molecule has 1 aromatic carbocycles. The highest BCUT2D eigenvalue weighted by molar-refractivity contribution is 5.92. The van der Waals surface area contributed by atoms with Crippen molar-refractivity contribution >= 4 is 23.5 Å². The van der Waals surface area contributed by atoms with Crippen LogP contribution in [0.25, 0.3) is 11.3 Å². The number of ketones is 1. The van der Waals surface area contributed by atoms with E-state index in [1.54, 1.807) is 18.2 Å². The number of pyridine rings is 1. The fourth-order valence-electron chi connectivity index (χ4n) is 5.62. The lowest BCUT2D eigenvalue weighted by molar-refractivity contribution is -0.128. The number of carbonyl (C=O) groups excluding carboxylic acids is 1. The second kappa shape index (κ2) is 16.9.